The van der Waals surface area contributed by atoms with Gasteiger partial charge in [0.05, 0.1) is 16.5 Å². The first kappa shape index (κ1) is 18.8. The van der Waals surface area contributed by atoms with Crippen LogP contribution in [0.25, 0.3) is 0 Å². The molecule has 0 radical (unpaired) electrons. The van der Waals surface area contributed by atoms with Crippen molar-refractivity contribution >= 4 is 27.3 Å². The van der Waals surface area contributed by atoms with E-state index < -0.39 is 10.0 Å². The number of amides is 1. The maximum atomic E-state index is 12.8. The first-order valence-corrected chi connectivity index (χ1v) is 10.7. The summed E-state index contributed by atoms with van der Waals surface area (Å²) in [5, 5.41) is 2.57. The summed E-state index contributed by atoms with van der Waals surface area (Å²) in [6, 6.07) is 6.41. The fourth-order valence-electron chi connectivity index (χ4n) is 2.78. The molecule has 0 saturated carbocycles. The monoisotopic (exact) mass is 395 g/mol. The van der Waals surface area contributed by atoms with E-state index in [9.17, 15) is 13.2 Å². The van der Waals surface area contributed by atoms with Crippen LogP contribution in [0.15, 0.2) is 34.5 Å². The van der Waals surface area contributed by atoms with Crippen molar-refractivity contribution in [1.82, 2.24) is 14.2 Å². The fourth-order valence-corrected chi connectivity index (χ4v) is 4.79. The van der Waals surface area contributed by atoms with Crippen molar-refractivity contribution in [3.8, 4) is 5.75 Å². The quantitative estimate of drug-likeness (QED) is 0.774. The van der Waals surface area contributed by atoms with Crippen molar-refractivity contribution < 1.29 is 17.9 Å². The van der Waals surface area contributed by atoms with Crippen molar-refractivity contribution in [2.45, 2.75) is 18.7 Å². The summed E-state index contributed by atoms with van der Waals surface area (Å²) in [6.07, 6.45) is 0. The van der Waals surface area contributed by atoms with Crippen LogP contribution in [0.3, 0.4) is 0 Å². The zero-order valence-electron chi connectivity index (χ0n) is 14.7. The summed E-state index contributed by atoms with van der Waals surface area (Å²) in [5.41, 5.74) is 0.426. The molecule has 0 aliphatic carbocycles. The van der Waals surface area contributed by atoms with Crippen LogP contribution in [0, 0.1) is 6.92 Å². The number of carbonyl (C=O) groups excluding carboxylic acids is 1. The smallest absolute Gasteiger partial charge is 0.273 e. The molecular formula is C17H21N3O4S2. The van der Waals surface area contributed by atoms with Gasteiger partial charge in [0.1, 0.15) is 11.4 Å². The van der Waals surface area contributed by atoms with Gasteiger partial charge in [0.25, 0.3) is 5.91 Å². The van der Waals surface area contributed by atoms with Gasteiger partial charge in [-0.2, -0.15) is 4.31 Å². The molecule has 0 atom stereocenters. The van der Waals surface area contributed by atoms with E-state index in [2.05, 4.69) is 4.98 Å². The van der Waals surface area contributed by atoms with E-state index in [1.54, 1.807) is 34.5 Å². The van der Waals surface area contributed by atoms with Gasteiger partial charge >= 0.3 is 0 Å². The van der Waals surface area contributed by atoms with Gasteiger partial charge in [0, 0.05) is 31.6 Å². The second-order valence-corrected chi connectivity index (χ2v) is 8.85. The predicted molar refractivity (Wildman–Crippen MR) is 99.1 cm³/mol. The predicted octanol–water partition coefficient (Wildman–Crippen LogP) is 2.00. The molecule has 0 unspecified atom stereocenters. The highest BCUT2D eigenvalue weighted by molar-refractivity contribution is 7.89. The molecular weight excluding hydrogens is 374 g/mol. The van der Waals surface area contributed by atoms with Crippen LogP contribution < -0.4 is 4.74 Å². The maximum absolute atomic E-state index is 12.8. The van der Waals surface area contributed by atoms with E-state index in [1.807, 2.05) is 13.8 Å². The van der Waals surface area contributed by atoms with Crippen molar-refractivity contribution in [3.63, 3.8) is 0 Å². The topological polar surface area (TPSA) is 79.8 Å². The summed E-state index contributed by atoms with van der Waals surface area (Å²) in [4.78, 5) is 18.5. The molecule has 1 aromatic carbocycles. The molecule has 7 nitrogen and oxygen atoms in total. The second-order valence-electron chi connectivity index (χ2n) is 5.85. The van der Waals surface area contributed by atoms with Crippen molar-refractivity contribution in [2.24, 2.45) is 0 Å². The number of carbonyl (C=O) groups is 1. The number of hydrogen-bond donors (Lipinski definition) is 0. The number of ether oxygens (including phenoxy) is 1. The van der Waals surface area contributed by atoms with Crippen LogP contribution in [0.5, 0.6) is 5.75 Å². The van der Waals surface area contributed by atoms with Crippen molar-refractivity contribution in [1.29, 1.82) is 0 Å². The van der Waals surface area contributed by atoms with E-state index in [-0.39, 0.29) is 23.9 Å². The fraction of sp³-hybridized carbons (Fsp3) is 0.412. The highest BCUT2D eigenvalue weighted by atomic mass is 32.2. The summed E-state index contributed by atoms with van der Waals surface area (Å²) < 4.78 is 32.3. The number of aromatic nitrogens is 1. The molecule has 140 valence electrons. The average Bonchev–Trinajstić information content (AvgIpc) is 3.08. The van der Waals surface area contributed by atoms with Gasteiger partial charge in [-0.15, -0.1) is 11.3 Å². The number of thiazole rings is 1. The highest BCUT2D eigenvalue weighted by Gasteiger charge is 2.31. The minimum atomic E-state index is -3.58. The number of piperazine rings is 1. The lowest BCUT2D eigenvalue weighted by molar-refractivity contribution is 0.0692. The zero-order chi connectivity index (χ0) is 18.7. The number of nitrogens with zero attached hydrogens (tertiary/aromatic N) is 3. The molecule has 2 aromatic rings. The molecule has 0 spiro atoms. The highest BCUT2D eigenvalue weighted by Crippen LogP contribution is 2.21. The number of aryl methyl sites for hydroxylation is 1. The molecule has 9 heteroatoms. The van der Waals surface area contributed by atoms with E-state index in [4.69, 9.17) is 4.74 Å². The molecule has 1 saturated heterocycles. The van der Waals surface area contributed by atoms with Crippen LogP contribution >= 0.6 is 11.3 Å². The number of sulfonamides is 1. The average molecular weight is 396 g/mol. The summed E-state index contributed by atoms with van der Waals surface area (Å²) >= 11 is 1.43. The van der Waals surface area contributed by atoms with Crippen molar-refractivity contribution in [2.75, 3.05) is 32.8 Å². The van der Waals surface area contributed by atoms with Gasteiger partial charge in [-0.1, -0.05) is 0 Å². The summed E-state index contributed by atoms with van der Waals surface area (Å²) in [6.45, 7) is 5.49. The molecule has 1 amide bonds. The third kappa shape index (κ3) is 3.89. The van der Waals surface area contributed by atoms with Gasteiger partial charge in [0.2, 0.25) is 10.0 Å². The first-order valence-electron chi connectivity index (χ1n) is 8.36. The van der Waals surface area contributed by atoms with Crippen LogP contribution in [-0.4, -0.2) is 61.3 Å². The first-order chi connectivity index (χ1) is 12.4. The molecule has 3 rings (SSSR count). The maximum Gasteiger partial charge on any atom is 0.273 e. The van der Waals surface area contributed by atoms with Gasteiger partial charge in [0.15, 0.2) is 0 Å². The van der Waals surface area contributed by atoms with Crippen molar-refractivity contribution in [3.05, 3.63) is 40.3 Å². The standard InChI is InChI=1S/C17H21N3O4S2/c1-3-24-14-4-6-15(7-5-14)26(22,23)20-10-8-19(9-11-20)17(21)16-12-25-13(2)18-16/h4-7,12H,3,8-11H2,1-2H3. The lowest BCUT2D eigenvalue weighted by atomic mass is 10.3. The zero-order valence-corrected chi connectivity index (χ0v) is 16.3. The largest absolute Gasteiger partial charge is 0.494 e. The number of benzene rings is 1. The third-order valence-electron chi connectivity index (χ3n) is 4.14. The normalized spacial score (nSPS) is 15.8. The van der Waals surface area contributed by atoms with Crippen LogP contribution in [-0.2, 0) is 10.0 Å². The minimum absolute atomic E-state index is 0.146. The molecule has 26 heavy (non-hydrogen) atoms. The molecule has 2 heterocycles. The van der Waals surface area contributed by atoms with Crippen LogP contribution in [0.1, 0.15) is 22.4 Å². The Hall–Kier alpha value is -1.97. The van der Waals surface area contributed by atoms with Gasteiger partial charge in [-0.3, -0.25) is 4.79 Å². The molecule has 1 aromatic heterocycles. The Bertz CT molecular complexity index is 870. The van der Waals surface area contributed by atoms with Crippen LogP contribution in [0.4, 0.5) is 0 Å². The second kappa shape index (κ2) is 7.73. The number of hydrogen-bond acceptors (Lipinski definition) is 6. The summed E-state index contributed by atoms with van der Waals surface area (Å²) in [7, 11) is -3.58. The van der Waals surface area contributed by atoms with E-state index in [0.717, 1.165) is 5.01 Å². The molecule has 1 aliphatic heterocycles. The van der Waals surface area contributed by atoms with E-state index in [0.29, 0.717) is 31.1 Å². The van der Waals surface area contributed by atoms with E-state index in [1.165, 1.54) is 15.6 Å². The minimum Gasteiger partial charge on any atom is -0.494 e. The Morgan fingerprint density at radius 3 is 2.38 bits per heavy atom. The Balaban J connectivity index is 1.65. The SMILES string of the molecule is CCOc1ccc(S(=O)(=O)N2CCN(C(=O)c3csc(C)n3)CC2)cc1. The Morgan fingerprint density at radius 2 is 1.85 bits per heavy atom. The van der Waals surface area contributed by atoms with E-state index >= 15 is 0 Å². The Morgan fingerprint density at radius 1 is 1.19 bits per heavy atom. The third-order valence-corrected chi connectivity index (χ3v) is 6.82. The van der Waals surface area contributed by atoms with Gasteiger partial charge in [-0.05, 0) is 38.1 Å². The van der Waals surface area contributed by atoms with Gasteiger partial charge < -0.3 is 9.64 Å². The van der Waals surface area contributed by atoms with Crippen LogP contribution in [0.2, 0.25) is 0 Å². The lowest BCUT2D eigenvalue weighted by Crippen LogP contribution is -2.50. The Labute approximate surface area is 157 Å². The molecule has 0 N–H and O–H groups in total. The Kier molecular flexibility index (Phi) is 5.59. The number of rotatable bonds is 5. The molecule has 1 fully saturated rings. The summed E-state index contributed by atoms with van der Waals surface area (Å²) in [5.74, 6) is 0.493. The molecule has 0 bridgehead atoms. The lowest BCUT2D eigenvalue weighted by Gasteiger charge is -2.33. The molecule has 1 aliphatic rings. The van der Waals surface area contributed by atoms with Gasteiger partial charge in [-0.25, -0.2) is 13.4 Å².